The van der Waals surface area contributed by atoms with E-state index in [2.05, 4.69) is 64.0 Å². The molecular weight excluding hydrogens is 460 g/mol. The van der Waals surface area contributed by atoms with Crippen molar-refractivity contribution in [3.05, 3.63) is 29.8 Å². The monoisotopic (exact) mass is 498 g/mol. The average Bonchev–Trinajstić information content (AvgIpc) is 3.46. The number of ether oxygens (including phenoxy) is 2. The quantitative estimate of drug-likeness (QED) is 0.466. The van der Waals surface area contributed by atoms with Crippen LogP contribution in [0.25, 0.3) is 0 Å². The molecule has 6 atom stereocenters. The number of anilines is 1. The van der Waals surface area contributed by atoms with E-state index in [1.54, 1.807) is 0 Å². The molecule has 4 saturated heterocycles. The lowest BCUT2D eigenvalue weighted by Gasteiger charge is -2.54. The predicted molar refractivity (Wildman–Crippen MR) is 135 cm³/mol. The van der Waals surface area contributed by atoms with E-state index < -0.39 is 25.1 Å². The van der Waals surface area contributed by atoms with Gasteiger partial charge in [-0.05, 0) is 42.6 Å². The Labute approximate surface area is 209 Å². The smallest absolute Gasteiger partial charge is 0.340 e. The molecule has 190 valence electrons. The summed E-state index contributed by atoms with van der Waals surface area (Å²) in [4.78, 5) is 31.5. The van der Waals surface area contributed by atoms with Crippen LogP contribution in [-0.4, -0.2) is 69.8 Å². The molecule has 5 aliphatic rings. The zero-order chi connectivity index (χ0) is 25.2. The van der Waals surface area contributed by atoms with Crippen LogP contribution in [0.15, 0.2) is 24.3 Å². The number of methoxy groups -OCH3 is 1. The molecule has 1 aromatic carbocycles. The molecule has 6 rings (SSSR count). The molecule has 5 heterocycles. The van der Waals surface area contributed by atoms with Crippen molar-refractivity contribution < 1.29 is 23.5 Å². The van der Waals surface area contributed by atoms with Crippen LogP contribution in [-0.2, 0) is 28.9 Å². The maximum atomic E-state index is 13.9. The Morgan fingerprint density at radius 1 is 1.26 bits per heavy atom. The van der Waals surface area contributed by atoms with E-state index in [1.165, 1.54) is 12.7 Å². The standard InChI is InChI=1S/C27H38N2O5Si/c1-24(2,3)35(6,7)33-16-19-17-12-13-21(30)29-15-14-25-18-10-8-9-11-20(18)28(4)22(25)26(19,23(31)32-5)34-27(17,25)29/h8-11,17,19,22H,12-16H2,1-7H3/t17-,19-,22+,25-,26+,27-/m0/s1. The third-order valence-electron chi connectivity index (χ3n) is 10.6. The van der Waals surface area contributed by atoms with Gasteiger partial charge in [-0.3, -0.25) is 4.79 Å². The third kappa shape index (κ3) is 2.40. The van der Waals surface area contributed by atoms with Gasteiger partial charge in [-0.15, -0.1) is 0 Å². The van der Waals surface area contributed by atoms with Crippen LogP contribution < -0.4 is 4.90 Å². The van der Waals surface area contributed by atoms with Gasteiger partial charge in [0.05, 0.1) is 18.6 Å². The molecule has 0 aromatic heterocycles. The number of likely N-dealkylation sites (N-methyl/N-ethyl adjacent to an activating group) is 1. The summed E-state index contributed by atoms with van der Waals surface area (Å²) in [6.07, 6.45) is 1.98. The number of carbonyl (C=O) groups is 2. The molecule has 2 spiro atoms. The van der Waals surface area contributed by atoms with Gasteiger partial charge >= 0.3 is 5.97 Å². The second kappa shape index (κ2) is 6.89. The molecular formula is C27H38N2O5Si. The second-order valence-corrected chi connectivity index (χ2v) is 17.5. The Morgan fingerprint density at radius 2 is 1.97 bits per heavy atom. The van der Waals surface area contributed by atoms with Crippen molar-refractivity contribution in [3.63, 3.8) is 0 Å². The van der Waals surface area contributed by atoms with Crippen LogP contribution in [0.1, 0.15) is 45.6 Å². The fourth-order valence-electron chi connectivity index (χ4n) is 8.22. The molecule has 0 aliphatic carbocycles. The second-order valence-electron chi connectivity index (χ2n) is 12.7. The van der Waals surface area contributed by atoms with Gasteiger partial charge in [-0.25, -0.2) is 4.79 Å². The summed E-state index contributed by atoms with van der Waals surface area (Å²) in [5, 5.41) is 0.0499. The lowest BCUT2D eigenvalue weighted by atomic mass is 9.52. The van der Waals surface area contributed by atoms with Gasteiger partial charge in [0, 0.05) is 44.1 Å². The average molecular weight is 499 g/mol. The summed E-state index contributed by atoms with van der Waals surface area (Å²) in [6.45, 7) is 12.3. The molecule has 7 nitrogen and oxygen atoms in total. The largest absolute Gasteiger partial charge is 0.467 e. The minimum absolute atomic E-state index is 0.0161. The Hall–Kier alpha value is -1.90. The molecule has 4 fully saturated rings. The van der Waals surface area contributed by atoms with Gasteiger partial charge in [0.15, 0.2) is 19.6 Å². The number of para-hydroxylation sites is 1. The van der Waals surface area contributed by atoms with E-state index in [0.29, 0.717) is 26.0 Å². The minimum Gasteiger partial charge on any atom is -0.467 e. The number of piperidine rings is 1. The summed E-state index contributed by atoms with van der Waals surface area (Å²) in [5.74, 6) is -0.374. The van der Waals surface area contributed by atoms with E-state index in [9.17, 15) is 9.59 Å². The lowest BCUT2D eigenvalue weighted by Crippen LogP contribution is -2.71. The summed E-state index contributed by atoms with van der Waals surface area (Å²) in [5.41, 5.74) is -0.175. The summed E-state index contributed by atoms with van der Waals surface area (Å²) >= 11 is 0. The first-order valence-corrected chi connectivity index (χ1v) is 15.9. The van der Waals surface area contributed by atoms with Gasteiger partial charge in [0.25, 0.3) is 0 Å². The van der Waals surface area contributed by atoms with E-state index in [4.69, 9.17) is 13.9 Å². The first kappa shape index (κ1) is 23.5. The number of fused-ring (bicyclic) bond motifs is 3. The normalized spacial score (nSPS) is 39.1. The Morgan fingerprint density at radius 3 is 2.66 bits per heavy atom. The maximum absolute atomic E-state index is 13.9. The van der Waals surface area contributed by atoms with Gasteiger partial charge in [-0.2, -0.15) is 0 Å². The fourth-order valence-corrected chi connectivity index (χ4v) is 9.25. The number of esters is 1. The van der Waals surface area contributed by atoms with Crippen LogP contribution in [0.2, 0.25) is 18.1 Å². The molecule has 0 unspecified atom stereocenters. The van der Waals surface area contributed by atoms with Crippen molar-refractivity contribution in [2.45, 2.75) is 80.9 Å². The first-order chi connectivity index (χ1) is 16.4. The van der Waals surface area contributed by atoms with Crippen LogP contribution in [0.3, 0.4) is 0 Å². The highest BCUT2D eigenvalue weighted by Gasteiger charge is 2.91. The van der Waals surface area contributed by atoms with E-state index in [-0.39, 0.29) is 34.8 Å². The van der Waals surface area contributed by atoms with Gasteiger partial charge in [0.2, 0.25) is 5.91 Å². The molecule has 1 amide bonds. The highest BCUT2D eigenvalue weighted by atomic mass is 28.4. The molecule has 5 aliphatic heterocycles. The molecule has 0 radical (unpaired) electrons. The van der Waals surface area contributed by atoms with Crippen LogP contribution >= 0.6 is 0 Å². The van der Waals surface area contributed by atoms with Crippen molar-refractivity contribution >= 4 is 25.9 Å². The number of benzene rings is 1. The third-order valence-corrected chi connectivity index (χ3v) is 15.1. The number of rotatable bonds is 4. The topological polar surface area (TPSA) is 68.3 Å². The summed E-state index contributed by atoms with van der Waals surface area (Å²) in [7, 11) is 1.44. The molecule has 0 N–H and O–H groups in total. The fraction of sp³-hybridized carbons (Fsp3) is 0.704. The Balaban J connectivity index is 1.56. The lowest BCUT2D eigenvalue weighted by molar-refractivity contribution is -0.195. The predicted octanol–water partition coefficient (Wildman–Crippen LogP) is 3.68. The zero-order valence-corrected chi connectivity index (χ0v) is 23.0. The SMILES string of the molecule is COC(=O)[C@]12O[C@]34[C@@H](CCC(=O)N3CC[C@@]43c4ccccc4N(C)[C@@H]13)[C@@H]2CO[Si](C)(C)C(C)(C)C. The van der Waals surface area contributed by atoms with E-state index in [1.807, 2.05) is 11.0 Å². The number of amides is 1. The zero-order valence-electron chi connectivity index (χ0n) is 22.0. The number of nitrogens with zero attached hydrogens (tertiary/aromatic N) is 2. The van der Waals surface area contributed by atoms with Gasteiger partial charge < -0.3 is 23.7 Å². The summed E-state index contributed by atoms with van der Waals surface area (Å²) < 4.78 is 19.5. The maximum Gasteiger partial charge on any atom is 0.340 e. The van der Waals surface area contributed by atoms with Crippen LogP contribution in [0, 0.1) is 11.8 Å². The Kier molecular flexibility index (Phi) is 4.63. The van der Waals surface area contributed by atoms with Crippen LogP contribution in [0.5, 0.6) is 0 Å². The minimum atomic E-state index is -2.09. The van der Waals surface area contributed by atoms with Gasteiger partial charge in [-0.1, -0.05) is 39.0 Å². The molecule has 0 saturated carbocycles. The number of hydrogen-bond donors (Lipinski definition) is 0. The van der Waals surface area contributed by atoms with Crippen LogP contribution in [0.4, 0.5) is 5.69 Å². The molecule has 8 heteroatoms. The van der Waals surface area contributed by atoms with Crippen molar-refractivity contribution in [2.24, 2.45) is 11.8 Å². The molecule has 2 bridgehead atoms. The molecule has 1 aromatic rings. The highest BCUT2D eigenvalue weighted by Crippen LogP contribution is 2.76. The van der Waals surface area contributed by atoms with Crippen molar-refractivity contribution in [3.8, 4) is 0 Å². The molecule has 35 heavy (non-hydrogen) atoms. The highest BCUT2D eigenvalue weighted by molar-refractivity contribution is 6.74. The van der Waals surface area contributed by atoms with Crippen molar-refractivity contribution in [2.75, 3.05) is 32.2 Å². The summed E-state index contributed by atoms with van der Waals surface area (Å²) in [6, 6.07) is 8.17. The first-order valence-electron chi connectivity index (χ1n) is 13.0. The van der Waals surface area contributed by atoms with Gasteiger partial charge in [0.1, 0.15) is 0 Å². The Bertz CT molecular complexity index is 1120. The van der Waals surface area contributed by atoms with E-state index in [0.717, 1.165) is 12.1 Å². The van der Waals surface area contributed by atoms with Crippen molar-refractivity contribution in [1.82, 2.24) is 4.90 Å². The van der Waals surface area contributed by atoms with Crippen molar-refractivity contribution in [1.29, 1.82) is 0 Å². The number of carbonyl (C=O) groups excluding carboxylic acids is 2. The van der Waals surface area contributed by atoms with E-state index >= 15 is 0 Å². The number of hydrogen-bond acceptors (Lipinski definition) is 6.